The highest BCUT2D eigenvalue weighted by Gasteiger charge is 2.21. The minimum absolute atomic E-state index is 0.569. The lowest BCUT2D eigenvalue weighted by atomic mass is 9.97. The molecular weight excluding hydrogens is 462 g/mol. The molecule has 2 aromatic heterocycles. The smallest absolute Gasteiger partial charge is 0.150 e. The van der Waals surface area contributed by atoms with Crippen LogP contribution < -0.4 is 4.90 Å². The highest BCUT2D eigenvalue weighted by atomic mass is 32.1. The molecule has 0 aliphatic carbocycles. The number of pyridine rings is 1. The molecule has 6 rings (SSSR count). The maximum absolute atomic E-state index is 9.38. The number of rotatable bonds is 5. The number of hydrogen-bond donors (Lipinski definition) is 0. The van der Waals surface area contributed by atoms with Crippen LogP contribution in [0.3, 0.4) is 0 Å². The van der Waals surface area contributed by atoms with Crippen LogP contribution in [0.25, 0.3) is 32.5 Å². The maximum atomic E-state index is 9.38. The molecule has 0 atom stereocenters. The first-order valence-corrected chi connectivity index (χ1v) is 12.9. The van der Waals surface area contributed by atoms with E-state index in [9.17, 15) is 5.26 Å². The van der Waals surface area contributed by atoms with Crippen molar-refractivity contribution in [3.05, 3.63) is 102 Å². The second kappa shape index (κ2) is 9.90. The Morgan fingerprint density at radius 2 is 1.58 bits per heavy atom. The third-order valence-corrected chi connectivity index (χ3v) is 7.58. The second-order valence-electron chi connectivity index (χ2n) is 9.06. The van der Waals surface area contributed by atoms with Gasteiger partial charge in [0.05, 0.1) is 16.0 Å². The Hall–Kier alpha value is -4.05. The largest absolute Gasteiger partial charge is 0.353 e. The van der Waals surface area contributed by atoms with Gasteiger partial charge in [-0.1, -0.05) is 66.7 Å². The van der Waals surface area contributed by atoms with Crippen LogP contribution in [0.15, 0.2) is 91.1 Å². The fourth-order valence-corrected chi connectivity index (χ4v) is 5.63. The molecule has 1 aliphatic heterocycles. The summed E-state index contributed by atoms with van der Waals surface area (Å²) in [6.07, 6.45) is 1.65. The van der Waals surface area contributed by atoms with Crippen molar-refractivity contribution in [3.8, 4) is 28.5 Å². The van der Waals surface area contributed by atoms with E-state index in [0.29, 0.717) is 5.56 Å². The zero-order valence-corrected chi connectivity index (χ0v) is 20.7. The molecule has 1 fully saturated rings. The Labute approximate surface area is 215 Å². The Morgan fingerprint density at radius 1 is 0.833 bits per heavy atom. The van der Waals surface area contributed by atoms with Gasteiger partial charge in [0.25, 0.3) is 0 Å². The standard InChI is InChI=1S/C30H25N5S/c31-19-23-18-27(24-6-2-1-3-7-24)29(32-20-23)25-12-10-22(11-13-25)21-34-14-16-35(17-15-34)30-26-8-4-5-9-28(26)36-33-30/h1-13,18,20H,14-17,21H2. The summed E-state index contributed by atoms with van der Waals surface area (Å²) in [5, 5.41) is 10.6. The molecule has 1 saturated heterocycles. The first kappa shape index (κ1) is 22.4. The van der Waals surface area contributed by atoms with Gasteiger partial charge in [-0.15, -0.1) is 0 Å². The molecule has 0 spiro atoms. The van der Waals surface area contributed by atoms with Gasteiger partial charge >= 0.3 is 0 Å². The van der Waals surface area contributed by atoms with Gasteiger partial charge in [0.15, 0.2) is 0 Å². The van der Waals surface area contributed by atoms with Gasteiger partial charge in [-0.2, -0.15) is 9.64 Å². The van der Waals surface area contributed by atoms with Crippen LogP contribution in [-0.4, -0.2) is 40.4 Å². The van der Waals surface area contributed by atoms with Crippen LogP contribution in [0, 0.1) is 11.3 Å². The number of piperazine rings is 1. The summed E-state index contributed by atoms with van der Waals surface area (Å²) in [4.78, 5) is 9.58. The quantitative estimate of drug-likeness (QED) is 0.295. The van der Waals surface area contributed by atoms with Crippen molar-refractivity contribution >= 4 is 27.4 Å². The molecule has 1 aliphatic rings. The molecule has 0 saturated carbocycles. The van der Waals surface area contributed by atoms with E-state index in [4.69, 9.17) is 4.37 Å². The third-order valence-electron chi connectivity index (χ3n) is 6.77. The molecule has 6 heteroatoms. The molecule has 3 aromatic carbocycles. The monoisotopic (exact) mass is 487 g/mol. The SMILES string of the molecule is N#Cc1cnc(-c2ccc(CN3CCN(c4nsc5ccccc45)CC3)cc2)c(-c2ccccc2)c1. The third kappa shape index (κ3) is 4.47. The lowest BCUT2D eigenvalue weighted by molar-refractivity contribution is 0.249. The fourth-order valence-electron chi connectivity index (χ4n) is 4.84. The van der Waals surface area contributed by atoms with Crippen LogP contribution in [0.5, 0.6) is 0 Å². The van der Waals surface area contributed by atoms with Crippen LogP contribution >= 0.6 is 11.5 Å². The van der Waals surface area contributed by atoms with Gasteiger partial charge in [-0.3, -0.25) is 9.88 Å². The summed E-state index contributed by atoms with van der Waals surface area (Å²) in [7, 11) is 0. The summed E-state index contributed by atoms with van der Waals surface area (Å²) in [5.41, 5.74) is 5.86. The van der Waals surface area contributed by atoms with Gasteiger partial charge in [0, 0.05) is 55.4 Å². The Balaban J connectivity index is 1.15. The summed E-state index contributed by atoms with van der Waals surface area (Å²) in [6, 6.07) is 31.5. The van der Waals surface area contributed by atoms with Gasteiger partial charge in [0.2, 0.25) is 0 Å². The molecule has 5 nitrogen and oxygen atoms in total. The van der Waals surface area contributed by atoms with Crippen LogP contribution in [0.4, 0.5) is 5.82 Å². The summed E-state index contributed by atoms with van der Waals surface area (Å²) in [5.74, 6) is 1.13. The number of hydrogen-bond acceptors (Lipinski definition) is 6. The predicted molar refractivity (Wildman–Crippen MR) is 147 cm³/mol. The topological polar surface area (TPSA) is 56.1 Å². The first-order chi connectivity index (χ1) is 17.8. The lowest BCUT2D eigenvalue weighted by Crippen LogP contribution is -2.46. The van der Waals surface area contributed by atoms with Crippen molar-refractivity contribution in [2.75, 3.05) is 31.1 Å². The first-order valence-electron chi connectivity index (χ1n) is 12.1. The van der Waals surface area contributed by atoms with Crippen molar-refractivity contribution in [2.45, 2.75) is 6.54 Å². The highest BCUT2D eigenvalue weighted by Crippen LogP contribution is 2.32. The Morgan fingerprint density at radius 3 is 2.36 bits per heavy atom. The van der Waals surface area contributed by atoms with E-state index >= 15 is 0 Å². The zero-order chi connectivity index (χ0) is 24.3. The van der Waals surface area contributed by atoms with Crippen molar-refractivity contribution in [3.63, 3.8) is 0 Å². The number of aromatic nitrogens is 2. The molecule has 0 bridgehead atoms. The summed E-state index contributed by atoms with van der Waals surface area (Å²) >= 11 is 1.59. The molecule has 0 radical (unpaired) electrons. The number of fused-ring (bicyclic) bond motifs is 1. The van der Waals surface area contributed by atoms with Gasteiger partial charge in [0.1, 0.15) is 11.9 Å². The average Bonchev–Trinajstić information content (AvgIpc) is 3.38. The molecule has 0 amide bonds. The fraction of sp³-hybridized carbons (Fsp3) is 0.167. The molecule has 5 aromatic rings. The highest BCUT2D eigenvalue weighted by molar-refractivity contribution is 7.13. The van der Waals surface area contributed by atoms with Crippen LogP contribution in [0.2, 0.25) is 0 Å². The second-order valence-corrected chi connectivity index (χ2v) is 9.87. The molecule has 176 valence electrons. The number of anilines is 1. The molecule has 36 heavy (non-hydrogen) atoms. The van der Waals surface area contributed by atoms with E-state index in [1.807, 2.05) is 24.3 Å². The number of benzene rings is 3. The minimum Gasteiger partial charge on any atom is -0.353 e. The Kier molecular flexibility index (Phi) is 6.17. The van der Waals surface area contributed by atoms with Gasteiger partial charge in [-0.05, 0) is 40.9 Å². The molecule has 0 N–H and O–H groups in total. The van der Waals surface area contributed by atoms with Crippen molar-refractivity contribution in [1.29, 1.82) is 5.26 Å². The van der Waals surface area contributed by atoms with Gasteiger partial charge < -0.3 is 4.90 Å². The van der Waals surface area contributed by atoms with E-state index in [1.54, 1.807) is 17.7 Å². The van der Waals surface area contributed by atoms with E-state index in [-0.39, 0.29) is 0 Å². The summed E-state index contributed by atoms with van der Waals surface area (Å²) < 4.78 is 5.98. The zero-order valence-electron chi connectivity index (χ0n) is 19.8. The van der Waals surface area contributed by atoms with E-state index in [2.05, 4.69) is 81.5 Å². The molecule has 3 heterocycles. The van der Waals surface area contributed by atoms with Crippen LogP contribution in [0.1, 0.15) is 11.1 Å². The van der Waals surface area contributed by atoms with E-state index in [0.717, 1.165) is 60.9 Å². The van der Waals surface area contributed by atoms with E-state index < -0.39 is 0 Å². The van der Waals surface area contributed by atoms with E-state index in [1.165, 1.54) is 15.6 Å². The normalized spacial score (nSPS) is 14.1. The minimum atomic E-state index is 0.569. The van der Waals surface area contributed by atoms with Crippen molar-refractivity contribution in [2.24, 2.45) is 0 Å². The maximum Gasteiger partial charge on any atom is 0.150 e. The van der Waals surface area contributed by atoms with Gasteiger partial charge in [-0.25, -0.2) is 0 Å². The van der Waals surface area contributed by atoms with Crippen molar-refractivity contribution < 1.29 is 0 Å². The lowest BCUT2D eigenvalue weighted by Gasteiger charge is -2.35. The molecule has 0 unspecified atom stereocenters. The predicted octanol–water partition coefficient (Wildman–Crippen LogP) is 6.22. The number of nitriles is 1. The molecular formula is C30H25N5S. The Bertz CT molecular complexity index is 1530. The summed E-state index contributed by atoms with van der Waals surface area (Å²) in [6.45, 7) is 4.94. The van der Waals surface area contributed by atoms with Crippen LogP contribution in [-0.2, 0) is 6.54 Å². The average molecular weight is 488 g/mol. The number of nitrogens with zero attached hydrogens (tertiary/aromatic N) is 5. The van der Waals surface area contributed by atoms with Crippen molar-refractivity contribution in [1.82, 2.24) is 14.3 Å².